The van der Waals surface area contributed by atoms with E-state index in [1.807, 2.05) is 0 Å². The second kappa shape index (κ2) is 7.98. The van der Waals surface area contributed by atoms with E-state index >= 15 is 0 Å². The third kappa shape index (κ3) is 5.23. The van der Waals surface area contributed by atoms with Gasteiger partial charge in [0.2, 0.25) is 0 Å². The molecule has 1 aliphatic heterocycles. The topological polar surface area (TPSA) is 32.5 Å². The summed E-state index contributed by atoms with van der Waals surface area (Å²) >= 11 is 0. The number of rotatable bonds is 6. The molecule has 0 amide bonds. The monoisotopic (exact) mass is 231 g/mol. The molecule has 0 spiro atoms. The van der Waals surface area contributed by atoms with Crippen molar-refractivity contribution < 1.29 is 4.39 Å². The molecule has 2 N–H and O–H groups in total. The molecule has 16 heavy (non-hydrogen) atoms. The normalized spacial score (nSPS) is 21.9. The van der Waals surface area contributed by atoms with Gasteiger partial charge >= 0.3 is 0 Å². The van der Waals surface area contributed by atoms with Crippen molar-refractivity contribution in [1.29, 1.82) is 0 Å². The van der Waals surface area contributed by atoms with Gasteiger partial charge in [-0.3, -0.25) is 4.39 Å². The summed E-state index contributed by atoms with van der Waals surface area (Å²) in [4.78, 5) is 4.87. The molecule has 0 saturated carbocycles. The molecule has 96 valence electrons. The van der Waals surface area contributed by atoms with Crippen molar-refractivity contribution in [1.82, 2.24) is 9.80 Å². The summed E-state index contributed by atoms with van der Waals surface area (Å²) in [6, 6.07) is 0. The number of nitrogens with two attached hydrogens (primary N) is 1. The summed E-state index contributed by atoms with van der Waals surface area (Å²) in [6.45, 7) is 9.26. The van der Waals surface area contributed by atoms with Crippen LogP contribution in [-0.4, -0.2) is 62.3 Å². The molecule has 1 fully saturated rings. The van der Waals surface area contributed by atoms with Crippen LogP contribution in [0.1, 0.15) is 19.8 Å². The van der Waals surface area contributed by atoms with Crippen molar-refractivity contribution in [2.45, 2.75) is 19.8 Å². The fourth-order valence-electron chi connectivity index (χ4n) is 2.23. The SMILES string of the molecule is CC(CN)CN1CCCN(CCCF)CC1. The van der Waals surface area contributed by atoms with Crippen LogP contribution in [0, 0.1) is 5.92 Å². The summed E-state index contributed by atoms with van der Waals surface area (Å²) in [5, 5.41) is 0. The van der Waals surface area contributed by atoms with E-state index in [-0.39, 0.29) is 6.67 Å². The summed E-state index contributed by atoms with van der Waals surface area (Å²) in [5.41, 5.74) is 5.64. The smallest absolute Gasteiger partial charge is 0.0906 e. The Bertz CT molecular complexity index is 178. The summed E-state index contributed by atoms with van der Waals surface area (Å²) in [7, 11) is 0. The van der Waals surface area contributed by atoms with Gasteiger partial charge in [-0.1, -0.05) is 6.92 Å². The van der Waals surface area contributed by atoms with Gasteiger partial charge in [0.15, 0.2) is 0 Å². The van der Waals surface area contributed by atoms with Crippen LogP contribution in [0.3, 0.4) is 0 Å². The molecule has 1 unspecified atom stereocenters. The third-order valence-corrected chi connectivity index (χ3v) is 3.26. The number of nitrogens with zero attached hydrogens (tertiary/aromatic N) is 2. The summed E-state index contributed by atoms with van der Waals surface area (Å²) < 4.78 is 12.1. The second-order valence-corrected chi connectivity index (χ2v) is 4.88. The number of hydrogen-bond donors (Lipinski definition) is 1. The van der Waals surface area contributed by atoms with Crippen molar-refractivity contribution in [3.63, 3.8) is 0 Å². The number of alkyl halides is 1. The highest BCUT2D eigenvalue weighted by atomic mass is 19.1. The van der Waals surface area contributed by atoms with Gasteiger partial charge in [0.1, 0.15) is 0 Å². The van der Waals surface area contributed by atoms with Crippen LogP contribution in [0.4, 0.5) is 4.39 Å². The largest absolute Gasteiger partial charge is 0.330 e. The Balaban J connectivity index is 2.23. The maximum absolute atomic E-state index is 12.1. The first-order chi connectivity index (χ1) is 7.76. The third-order valence-electron chi connectivity index (χ3n) is 3.26. The highest BCUT2D eigenvalue weighted by molar-refractivity contribution is 4.71. The van der Waals surface area contributed by atoms with Crippen molar-refractivity contribution >= 4 is 0 Å². The molecule has 0 aromatic heterocycles. The molecule has 1 atom stereocenters. The van der Waals surface area contributed by atoms with Gasteiger partial charge in [0.05, 0.1) is 6.67 Å². The minimum absolute atomic E-state index is 0.190. The van der Waals surface area contributed by atoms with E-state index in [2.05, 4.69) is 16.7 Å². The lowest BCUT2D eigenvalue weighted by Crippen LogP contribution is -2.35. The minimum atomic E-state index is -0.190. The van der Waals surface area contributed by atoms with E-state index in [9.17, 15) is 4.39 Å². The van der Waals surface area contributed by atoms with Gasteiger partial charge in [0, 0.05) is 26.2 Å². The van der Waals surface area contributed by atoms with Gasteiger partial charge < -0.3 is 15.5 Å². The molecule has 0 bridgehead atoms. The van der Waals surface area contributed by atoms with Gasteiger partial charge in [0.25, 0.3) is 0 Å². The van der Waals surface area contributed by atoms with Gasteiger partial charge in [-0.2, -0.15) is 0 Å². The van der Waals surface area contributed by atoms with Crippen LogP contribution >= 0.6 is 0 Å². The number of hydrogen-bond acceptors (Lipinski definition) is 3. The number of halogens is 1. The second-order valence-electron chi connectivity index (χ2n) is 4.88. The molecule has 0 aromatic carbocycles. The molecular formula is C12H26FN3. The lowest BCUT2D eigenvalue weighted by molar-refractivity contribution is 0.231. The van der Waals surface area contributed by atoms with E-state index in [0.29, 0.717) is 12.3 Å². The van der Waals surface area contributed by atoms with E-state index in [4.69, 9.17) is 5.73 Å². The molecule has 1 heterocycles. The maximum Gasteiger partial charge on any atom is 0.0906 e. The van der Waals surface area contributed by atoms with Crippen molar-refractivity contribution in [2.24, 2.45) is 11.7 Å². The van der Waals surface area contributed by atoms with Crippen molar-refractivity contribution in [3.8, 4) is 0 Å². The molecule has 3 nitrogen and oxygen atoms in total. The molecule has 0 radical (unpaired) electrons. The highest BCUT2D eigenvalue weighted by Gasteiger charge is 2.15. The Morgan fingerprint density at radius 2 is 1.88 bits per heavy atom. The zero-order valence-corrected chi connectivity index (χ0v) is 10.5. The Hall–Kier alpha value is -0.190. The van der Waals surface area contributed by atoms with Crippen LogP contribution in [-0.2, 0) is 0 Å². The van der Waals surface area contributed by atoms with Crippen LogP contribution in [0.25, 0.3) is 0 Å². The Morgan fingerprint density at radius 3 is 2.56 bits per heavy atom. The van der Waals surface area contributed by atoms with Gasteiger partial charge in [-0.05, 0) is 38.4 Å². The highest BCUT2D eigenvalue weighted by Crippen LogP contribution is 2.06. The van der Waals surface area contributed by atoms with Crippen molar-refractivity contribution in [3.05, 3.63) is 0 Å². The quantitative estimate of drug-likeness (QED) is 0.739. The predicted octanol–water partition coefficient (Wildman–Crippen LogP) is 0.948. The fourth-order valence-corrected chi connectivity index (χ4v) is 2.23. The van der Waals surface area contributed by atoms with Crippen LogP contribution in [0.5, 0.6) is 0 Å². The maximum atomic E-state index is 12.1. The Kier molecular flexibility index (Phi) is 6.92. The first-order valence-electron chi connectivity index (χ1n) is 6.47. The van der Waals surface area contributed by atoms with E-state index in [1.54, 1.807) is 0 Å². The summed E-state index contributed by atoms with van der Waals surface area (Å²) in [6.07, 6.45) is 1.88. The van der Waals surface area contributed by atoms with E-state index < -0.39 is 0 Å². The van der Waals surface area contributed by atoms with Crippen LogP contribution in [0.15, 0.2) is 0 Å². The standard InChI is InChI=1S/C12H26FN3/c1-12(10-14)11-16-7-3-6-15(8-9-16)5-2-4-13/h12H,2-11,14H2,1H3. The zero-order chi connectivity index (χ0) is 11.8. The molecule has 1 aliphatic rings. The first kappa shape index (κ1) is 13.9. The molecular weight excluding hydrogens is 205 g/mol. The Morgan fingerprint density at radius 1 is 1.19 bits per heavy atom. The zero-order valence-electron chi connectivity index (χ0n) is 10.5. The Labute approximate surface area is 98.8 Å². The van der Waals surface area contributed by atoms with Crippen LogP contribution in [0.2, 0.25) is 0 Å². The van der Waals surface area contributed by atoms with Gasteiger partial charge in [-0.25, -0.2) is 0 Å². The lowest BCUT2D eigenvalue weighted by Gasteiger charge is -2.23. The minimum Gasteiger partial charge on any atom is -0.330 e. The summed E-state index contributed by atoms with van der Waals surface area (Å²) in [5.74, 6) is 0.581. The fraction of sp³-hybridized carbons (Fsp3) is 1.00. The lowest BCUT2D eigenvalue weighted by atomic mass is 10.1. The predicted molar refractivity (Wildman–Crippen MR) is 66.3 cm³/mol. The molecule has 4 heteroatoms. The molecule has 0 aromatic rings. The first-order valence-corrected chi connectivity index (χ1v) is 6.47. The van der Waals surface area contributed by atoms with Crippen molar-refractivity contribution in [2.75, 3.05) is 52.5 Å². The van der Waals surface area contributed by atoms with E-state index in [1.165, 1.54) is 6.42 Å². The molecule has 0 aliphatic carbocycles. The average molecular weight is 231 g/mol. The average Bonchev–Trinajstić information content (AvgIpc) is 2.52. The molecule has 1 rings (SSSR count). The van der Waals surface area contributed by atoms with Crippen LogP contribution < -0.4 is 5.73 Å². The van der Waals surface area contributed by atoms with Gasteiger partial charge in [-0.15, -0.1) is 0 Å². The van der Waals surface area contributed by atoms with E-state index in [0.717, 1.165) is 45.8 Å². The molecule has 1 saturated heterocycles.